The molecule has 1 saturated carbocycles. The molecule has 1 aromatic carbocycles. The Hall–Kier alpha value is -3.20. The highest BCUT2D eigenvalue weighted by atomic mass is 32.1. The lowest BCUT2D eigenvalue weighted by molar-refractivity contribution is -0.127. The van der Waals surface area contributed by atoms with Crippen molar-refractivity contribution in [1.29, 1.82) is 0 Å². The Morgan fingerprint density at radius 3 is 2.62 bits per heavy atom. The van der Waals surface area contributed by atoms with Crippen molar-refractivity contribution in [3.8, 4) is 5.69 Å². The zero-order valence-corrected chi connectivity index (χ0v) is 18.9. The Morgan fingerprint density at radius 1 is 1.16 bits per heavy atom. The molecule has 1 aliphatic carbocycles. The first-order chi connectivity index (χ1) is 15.4. The maximum absolute atomic E-state index is 13.2. The molecule has 166 valence electrons. The summed E-state index contributed by atoms with van der Waals surface area (Å²) in [5.41, 5.74) is 1.81. The normalized spacial score (nSPS) is 21.6. The number of nitrogens with one attached hydrogen (secondary N) is 1. The van der Waals surface area contributed by atoms with Gasteiger partial charge in [-0.3, -0.25) is 14.5 Å². The van der Waals surface area contributed by atoms with Crippen molar-refractivity contribution < 1.29 is 14.4 Å². The summed E-state index contributed by atoms with van der Waals surface area (Å²) in [5.74, 6) is -0.362. The number of nitrogens with zero attached hydrogens (tertiary/aromatic N) is 4. The van der Waals surface area contributed by atoms with Crippen molar-refractivity contribution in [2.75, 3.05) is 13.6 Å². The van der Waals surface area contributed by atoms with Crippen LogP contribution >= 0.6 is 11.3 Å². The lowest BCUT2D eigenvalue weighted by atomic mass is 9.89. The molecule has 2 atom stereocenters. The number of hydrogen-bond donors (Lipinski definition) is 1. The molecule has 0 bridgehead atoms. The first-order valence-electron chi connectivity index (χ1n) is 10.9. The number of aromatic nitrogens is 2. The summed E-state index contributed by atoms with van der Waals surface area (Å²) in [5, 5.41) is 8.71. The van der Waals surface area contributed by atoms with Gasteiger partial charge in [-0.2, -0.15) is 5.10 Å². The first-order valence-corrected chi connectivity index (χ1v) is 11.7. The molecule has 1 aliphatic heterocycles. The third-order valence-corrected chi connectivity index (χ3v) is 7.43. The van der Waals surface area contributed by atoms with Gasteiger partial charge in [0.1, 0.15) is 11.4 Å². The number of rotatable bonds is 4. The molecule has 2 aliphatic rings. The fraction of sp³-hybridized carbons (Fsp3) is 0.391. The molecule has 2 unspecified atom stereocenters. The van der Waals surface area contributed by atoms with E-state index in [0.717, 1.165) is 40.9 Å². The largest absolute Gasteiger partial charge is 0.347 e. The van der Waals surface area contributed by atoms with E-state index in [4.69, 9.17) is 0 Å². The predicted molar refractivity (Wildman–Crippen MR) is 122 cm³/mol. The highest BCUT2D eigenvalue weighted by Crippen LogP contribution is 2.31. The van der Waals surface area contributed by atoms with E-state index in [0.29, 0.717) is 11.3 Å². The van der Waals surface area contributed by atoms with Gasteiger partial charge < -0.3 is 10.2 Å². The number of aryl methyl sites for hydroxylation is 1. The van der Waals surface area contributed by atoms with E-state index in [2.05, 4.69) is 10.4 Å². The van der Waals surface area contributed by atoms with Crippen molar-refractivity contribution >= 4 is 39.4 Å². The van der Waals surface area contributed by atoms with Crippen molar-refractivity contribution in [2.24, 2.45) is 0 Å². The van der Waals surface area contributed by atoms with Crippen molar-refractivity contribution in [3.05, 3.63) is 47.0 Å². The molecule has 3 aromatic rings. The molecule has 2 aromatic heterocycles. The summed E-state index contributed by atoms with van der Waals surface area (Å²) in [4.78, 5) is 42.5. The number of imide groups is 1. The van der Waals surface area contributed by atoms with Crippen LogP contribution in [0, 0.1) is 6.92 Å². The molecule has 0 spiro atoms. The van der Waals surface area contributed by atoms with Crippen LogP contribution in [0.4, 0.5) is 4.79 Å². The van der Waals surface area contributed by atoms with Gasteiger partial charge in [-0.1, -0.05) is 31.0 Å². The fourth-order valence-electron chi connectivity index (χ4n) is 4.70. The molecular formula is C23H25N5O3S. The number of urea groups is 1. The lowest BCUT2D eigenvalue weighted by Crippen LogP contribution is -2.55. The summed E-state index contributed by atoms with van der Waals surface area (Å²) < 4.78 is 1.87. The summed E-state index contributed by atoms with van der Waals surface area (Å²) in [6.45, 7) is 2.04. The average Bonchev–Trinajstić information content (AvgIpc) is 3.43. The van der Waals surface area contributed by atoms with Crippen molar-refractivity contribution in [1.82, 2.24) is 24.9 Å². The Kier molecular flexibility index (Phi) is 5.21. The van der Waals surface area contributed by atoms with Crippen LogP contribution < -0.4 is 5.32 Å². The molecular weight excluding hydrogens is 426 g/mol. The Bertz CT molecular complexity index is 1200. The van der Waals surface area contributed by atoms with E-state index >= 15 is 0 Å². The number of hydrogen-bond acceptors (Lipinski definition) is 5. The maximum Gasteiger partial charge on any atom is 0.327 e. The van der Waals surface area contributed by atoms with Crippen LogP contribution in [0.2, 0.25) is 0 Å². The van der Waals surface area contributed by atoms with Gasteiger partial charge in [-0.25, -0.2) is 9.48 Å². The lowest BCUT2D eigenvalue weighted by Gasteiger charge is -2.36. The topological polar surface area (TPSA) is 87.5 Å². The Morgan fingerprint density at radius 2 is 1.91 bits per heavy atom. The standard InChI is InChI=1S/C23H25N5O3S/c1-14-16-12-19(32-22(16)28(25-14)15-8-4-3-5-9-15)21(30)24-17-10-6-7-11-18(17)27-20(29)13-26(2)23(27)31/h3-5,8-9,12,17-18H,6-7,10-11,13H2,1-2H3,(H,24,30). The van der Waals surface area contributed by atoms with Gasteiger partial charge in [0.15, 0.2) is 0 Å². The third-order valence-electron chi connectivity index (χ3n) is 6.32. The van der Waals surface area contributed by atoms with Gasteiger partial charge in [-0.15, -0.1) is 11.3 Å². The number of carbonyl (C=O) groups is 3. The summed E-state index contributed by atoms with van der Waals surface area (Å²) in [6.07, 6.45) is 3.36. The number of amides is 4. The zero-order valence-electron chi connectivity index (χ0n) is 18.1. The zero-order chi connectivity index (χ0) is 22.4. The molecule has 1 N–H and O–H groups in total. The van der Waals surface area contributed by atoms with Crippen LogP contribution in [0.5, 0.6) is 0 Å². The average molecular weight is 452 g/mol. The summed E-state index contributed by atoms with van der Waals surface area (Å²) in [7, 11) is 1.63. The number of likely N-dealkylation sites (N-methyl/N-ethyl adjacent to an activating group) is 1. The summed E-state index contributed by atoms with van der Waals surface area (Å²) >= 11 is 1.40. The second-order valence-corrected chi connectivity index (χ2v) is 9.53. The van der Waals surface area contributed by atoms with Gasteiger partial charge in [0.05, 0.1) is 28.3 Å². The van der Waals surface area contributed by atoms with Crippen LogP contribution in [0.15, 0.2) is 36.4 Å². The monoisotopic (exact) mass is 451 g/mol. The van der Waals surface area contributed by atoms with E-state index in [1.165, 1.54) is 21.1 Å². The van der Waals surface area contributed by atoms with E-state index in [9.17, 15) is 14.4 Å². The van der Waals surface area contributed by atoms with Crippen LogP contribution in [0.25, 0.3) is 15.9 Å². The molecule has 1 saturated heterocycles. The van der Waals surface area contributed by atoms with Gasteiger partial charge >= 0.3 is 6.03 Å². The fourth-order valence-corrected chi connectivity index (χ4v) is 5.78. The van der Waals surface area contributed by atoms with Crippen LogP contribution in [0.1, 0.15) is 41.0 Å². The second kappa shape index (κ2) is 8.05. The minimum atomic E-state index is -0.298. The number of benzene rings is 1. The minimum Gasteiger partial charge on any atom is -0.347 e. The molecule has 3 heterocycles. The molecule has 4 amide bonds. The molecule has 9 heteroatoms. The van der Waals surface area contributed by atoms with Gasteiger partial charge in [0.25, 0.3) is 11.8 Å². The van der Waals surface area contributed by atoms with E-state index in [-0.39, 0.29) is 36.5 Å². The highest BCUT2D eigenvalue weighted by Gasteiger charge is 2.43. The molecule has 5 rings (SSSR count). The van der Waals surface area contributed by atoms with Crippen LogP contribution in [-0.2, 0) is 4.79 Å². The van der Waals surface area contributed by atoms with Gasteiger partial charge in [0.2, 0.25) is 0 Å². The molecule has 32 heavy (non-hydrogen) atoms. The quantitative estimate of drug-likeness (QED) is 0.617. The Balaban J connectivity index is 1.40. The second-order valence-electron chi connectivity index (χ2n) is 8.50. The maximum atomic E-state index is 13.2. The minimum absolute atomic E-state index is 0.0988. The van der Waals surface area contributed by atoms with Crippen LogP contribution in [0.3, 0.4) is 0 Å². The first kappa shape index (κ1) is 20.7. The smallest absolute Gasteiger partial charge is 0.327 e. The molecule has 2 fully saturated rings. The molecule has 0 radical (unpaired) electrons. The van der Waals surface area contributed by atoms with Crippen molar-refractivity contribution in [3.63, 3.8) is 0 Å². The number of fused-ring (bicyclic) bond motifs is 1. The van der Waals surface area contributed by atoms with Crippen molar-refractivity contribution in [2.45, 2.75) is 44.7 Å². The number of thiophene rings is 1. The van der Waals surface area contributed by atoms with E-state index in [1.807, 2.05) is 48.0 Å². The molecule has 8 nitrogen and oxygen atoms in total. The van der Waals surface area contributed by atoms with E-state index < -0.39 is 0 Å². The number of carbonyl (C=O) groups excluding carboxylic acids is 3. The SMILES string of the molecule is Cc1nn(-c2ccccc2)c2sc(C(=O)NC3CCCCC3N3C(=O)CN(C)C3=O)cc12. The summed E-state index contributed by atoms with van der Waals surface area (Å²) in [6, 6.07) is 10.9. The Labute approximate surface area is 189 Å². The predicted octanol–water partition coefficient (Wildman–Crippen LogP) is 3.33. The van der Waals surface area contributed by atoms with Gasteiger partial charge in [-0.05, 0) is 38.0 Å². The van der Waals surface area contributed by atoms with E-state index in [1.54, 1.807) is 7.05 Å². The number of para-hydroxylation sites is 1. The van der Waals surface area contributed by atoms with Crippen LogP contribution in [-0.4, -0.2) is 63.1 Å². The highest BCUT2D eigenvalue weighted by molar-refractivity contribution is 7.20. The van der Waals surface area contributed by atoms with Gasteiger partial charge in [0, 0.05) is 12.4 Å². The third kappa shape index (κ3) is 3.46.